The molecule has 5 heteroatoms. The Kier molecular flexibility index (Phi) is 4.55. The van der Waals surface area contributed by atoms with Crippen molar-refractivity contribution in [3.05, 3.63) is 0 Å². The first kappa shape index (κ1) is 12.0. The van der Waals surface area contributed by atoms with Gasteiger partial charge < -0.3 is 14.7 Å². The number of likely N-dealkylation sites (N-methyl/N-ethyl adjacent to an activating group) is 1. The number of carboxylic acid groups (broad SMARTS) is 1. The molecular weight excluding hydrogens is 198 g/mol. The molecule has 1 saturated heterocycles. The average molecular weight is 215 g/mol. The Labute approximate surface area is 89.0 Å². The van der Waals surface area contributed by atoms with Crippen LogP contribution in [0.2, 0.25) is 0 Å². The van der Waals surface area contributed by atoms with Gasteiger partial charge in [-0.3, -0.25) is 9.59 Å². The molecule has 1 heterocycles. The summed E-state index contributed by atoms with van der Waals surface area (Å²) >= 11 is 0. The van der Waals surface area contributed by atoms with Crippen LogP contribution in [-0.2, 0) is 14.3 Å². The van der Waals surface area contributed by atoms with E-state index >= 15 is 0 Å². The van der Waals surface area contributed by atoms with Gasteiger partial charge in [-0.2, -0.15) is 0 Å². The average Bonchev–Trinajstić information content (AvgIpc) is 2.68. The first-order valence-electron chi connectivity index (χ1n) is 5.19. The van der Waals surface area contributed by atoms with Gasteiger partial charge >= 0.3 is 5.97 Å². The van der Waals surface area contributed by atoms with E-state index in [4.69, 9.17) is 9.84 Å². The maximum Gasteiger partial charge on any atom is 0.303 e. The minimum absolute atomic E-state index is 0.0297. The van der Waals surface area contributed by atoms with Crippen molar-refractivity contribution >= 4 is 11.9 Å². The van der Waals surface area contributed by atoms with Crippen LogP contribution in [0.25, 0.3) is 0 Å². The van der Waals surface area contributed by atoms with Crippen molar-refractivity contribution in [2.75, 3.05) is 20.2 Å². The molecule has 0 aromatic heterocycles. The minimum atomic E-state index is -0.826. The van der Waals surface area contributed by atoms with E-state index in [2.05, 4.69) is 0 Å². The van der Waals surface area contributed by atoms with Crippen molar-refractivity contribution in [1.82, 2.24) is 4.90 Å². The Morgan fingerprint density at radius 2 is 2.27 bits per heavy atom. The minimum Gasteiger partial charge on any atom is -0.481 e. The number of carboxylic acids is 1. The lowest BCUT2D eigenvalue weighted by atomic mass is 10.2. The third-order valence-corrected chi connectivity index (χ3v) is 2.47. The van der Waals surface area contributed by atoms with E-state index in [0.717, 1.165) is 12.8 Å². The van der Waals surface area contributed by atoms with Gasteiger partial charge in [-0.05, 0) is 19.3 Å². The molecule has 5 nitrogen and oxygen atoms in total. The second-order valence-electron chi connectivity index (χ2n) is 3.76. The number of carbonyl (C=O) groups is 2. The van der Waals surface area contributed by atoms with Crippen LogP contribution >= 0.6 is 0 Å². The smallest absolute Gasteiger partial charge is 0.303 e. The van der Waals surface area contributed by atoms with E-state index in [0.29, 0.717) is 19.6 Å². The lowest BCUT2D eigenvalue weighted by Gasteiger charge is -2.20. The molecule has 1 aliphatic rings. The Morgan fingerprint density at radius 1 is 1.53 bits per heavy atom. The number of hydrogen-bond acceptors (Lipinski definition) is 3. The zero-order valence-electron chi connectivity index (χ0n) is 8.94. The number of carbonyl (C=O) groups excluding carboxylic acids is 1. The molecule has 1 unspecified atom stereocenters. The predicted octanol–water partition coefficient (Wildman–Crippen LogP) is 0.489. The van der Waals surface area contributed by atoms with Crippen LogP contribution in [0, 0.1) is 0 Å². The maximum absolute atomic E-state index is 11.7. The fourth-order valence-electron chi connectivity index (χ4n) is 1.60. The summed E-state index contributed by atoms with van der Waals surface area (Å²) in [6, 6.07) is 0. The summed E-state index contributed by atoms with van der Waals surface area (Å²) in [6.07, 6.45) is 1.99. The maximum atomic E-state index is 11.7. The van der Waals surface area contributed by atoms with Gasteiger partial charge in [-0.25, -0.2) is 0 Å². The van der Waals surface area contributed by atoms with Crippen LogP contribution in [0.15, 0.2) is 0 Å². The topological polar surface area (TPSA) is 66.8 Å². The molecule has 1 fully saturated rings. The number of aliphatic carboxylic acids is 1. The van der Waals surface area contributed by atoms with Gasteiger partial charge in [0.2, 0.25) is 0 Å². The second-order valence-corrected chi connectivity index (χ2v) is 3.76. The van der Waals surface area contributed by atoms with Gasteiger partial charge in [0.25, 0.3) is 5.91 Å². The van der Waals surface area contributed by atoms with Crippen molar-refractivity contribution in [3.8, 4) is 0 Å². The molecule has 0 bridgehead atoms. The van der Waals surface area contributed by atoms with E-state index in [-0.39, 0.29) is 18.4 Å². The third-order valence-electron chi connectivity index (χ3n) is 2.47. The fraction of sp³-hybridized carbons (Fsp3) is 0.800. The van der Waals surface area contributed by atoms with Gasteiger partial charge in [-0.1, -0.05) is 0 Å². The largest absolute Gasteiger partial charge is 0.481 e. The Morgan fingerprint density at radius 3 is 2.80 bits per heavy atom. The van der Waals surface area contributed by atoms with Crippen LogP contribution < -0.4 is 0 Å². The molecule has 1 aliphatic heterocycles. The highest BCUT2D eigenvalue weighted by Crippen LogP contribution is 2.14. The van der Waals surface area contributed by atoms with E-state index in [9.17, 15) is 9.59 Å². The molecule has 0 aliphatic carbocycles. The molecule has 0 aromatic carbocycles. The molecule has 1 atom stereocenters. The normalized spacial score (nSPS) is 20.2. The van der Waals surface area contributed by atoms with E-state index in [1.165, 1.54) is 0 Å². The molecule has 86 valence electrons. The summed E-state index contributed by atoms with van der Waals surface area (Å²) in [5, 5.41) is 8.45. The van der Waals surface area contributed by atoms with Crippen LogP contribution in [0.4, 0.5) is 0 Å². The summed E-state index contributed by atoms with van der Waals surface area (Å²) in [5.74, 6) is -0.856. The van der Waals surface area contributed by atoms with Crippen LogP contribution in [0.5, 0.6) is 0 Å². The van der Waals surface area contributed by atoms with Crippen molar-refractivity contribution in [2.24, 2.45) is 0 Å². The number of nitrogens with zero attached hydrogens (tertiary/aromatic N) is 1. The lowest BCUT2D eigenvalue weighted by Crippen LogP contribution is -2.36. The predicted molar refractivity (Wildman–Crippen MR) is 53.5 cm³/mol. The highest BCUT2D eigenvalue weighted by atomic mass is 16.5. The highest BCUT2D eigenvalue weighted by molar-refractivity contribution is 5.80. The van der Waals surface area contributed by atoms with Gasteiger partial charge in [0.1, 0.15) is 6.10 Å². The summed E-state index contributed by atoms with van der Waals surface area (Å²) < 4.78 is 5.26. The van der Waals surface area contributed by atoms with Gasteiger partial charge in [-0.15, -0.1) is 0 Å². The molecule has 0 spiro atoms. The molecule has 0 radical (unpaired) electrons. The second kappa shape index (κ2) is 5.70. The summed E-state index contributed by atoms with van der Waals surface area (Å²) in [5.41, 5.74) is 0. The zero-order valence-corrected chi connectivity index (χ0v) is 8.94. The number of hydrogen-bond donors (Lipinski definition) is 1. The summed E-state index contributed by atoms with van der Waals surface area (Å²) in [6.45, 7) is 1.13. The molecule has 0 saturated carbocycles. The van der Waals surface area contributed by atoms with Gasteiger partial charge in [0.15, 0.2) is 0 Å². The highest BCUT2D eigenvalue weighted by Gasteiger charge is 2.26. The third kappa shape index (κ3) is 3.87. The van der Waals surface area contributed by atoms with Crippen molar-refractivity contribution in [2.45, 2.75) is 31.8 Å². The first-order valence-corrected chi connectivity index (χ1v) is 5.19. The molecule has 15 heavy (non-hydrogen) atoms. The van der Waals surface area contributed by atoms with Crippen LogP contribution in [0.3, 0.4) is 0 Å². The Balaban J connectivity index is 2.23. The fourth-order valence-corrected chi connectivity index (χ4v) is 1.60. The standard InChI is InChI=1S/C10H17NO4/c1-11(6-2-5-9(12)13)10(14)8-4-3-7-15-8/h8H,2-7H2,1H3,(H,12,13). The SMILES string of the molecule is CN(CCCC(=O)O)C(=O)C1CCCO1. The molecule has 0 aromatic rings. The van der Waals surface area contributed by atoms with Crippen molar-refractivity contribution < 1.29 is 19.4 Å². The van der Waals surface area contributed by atoms with Crippen molar-refractivity contribution in [3.63, 3.8) is 0 Å². The van der Waals surface area contributed by atoms with E-state index < -0.39 is 5.97 Å². The van der Waals surface area contributed by atoms with E-state index in [1.54, 1.807) is 11.9 Å². The van der Waals surface area contributed by atoms with E-state index in [1.807, 2.05) is 0 Å². The monoisotopic (exact) mass is 215 g/mol. The number of ether oxygens (including phenoxy) is 1. The van der Waals surface area contributed by atoms with Crippen molar-refractivity contribution in [1.29, 1.82) is 0 Å². The van der Waals surface area contributed by atoms with Gasteiger partial charge in [0, 0.05) is 26.6 Å². The first-order chi connectivity index (χ1) is 7.11. The van der Waals surface area contributed by atoms with Crippen LogP contribution in [0.1, 0.15) is 25.7 Å². The molecule has 1 N–H and O–H groups in total. The van der Waals surface area contributed by atoms with Gasteiger partial charge in [0.05, 0.1) is 0 Å². The lowest BCUT2D eigenvalue weighted by molar-refractivity contribution is -0.141. The summed E-state index contributed by atoms with van der Waals surface area (Å²) in [7, 11) is 1.69. The number of amides is 1. The summed E-state index contributed by atoms with van der Waals surface area (Å²) in [4.78, 5) is 23.5. The quantitative estimate of drug-likeness (QED) is 0.724. The Hall–Kier alpha value is -1.10. The van der Waals surface area contributed by atoms with Crippen LogP contribution in [-0.4, -0.2) is 48.2 Å². The molecule has 1 amide bonds. The zero-order chi connectivity index (χ0) is 11.3. The molecule has 1 rings (SSSR count). The number of rotatable bonds is 5. The molecular formula is C10H17NO4. The Bertz CT molecular complexity index is 236.